The number of rotatable bonds is 2. The van der Waals surface area contributed by atoms with E-state index >= 15 is 0 Å². The fourth-order valence-corrected chi connectivity index (χ4v) is 1.90. The molecule has 0 aliphatic rings. The normalized spacial score (nSPS) is 9.88. The first-order valence-corrected chi connectivity index (χ1v) is 6.26. The lowest BCUT2D eigenvalue weighted by atomic mass is 10.2. The van der Waals surface area contributed by atoms with Crippen molar-refractivity contribution in [3.8, 4) is 11.8 Å². The Hall–Kier alpha value is -1.91. The minimum atomic E-state index is 1.04. The maximum atomic E-state index is 3.08. The molecule has 82 valence electrons. The lowest BCUT2D eigenvalue weighted by Gasteiger charge is -1.91. The highest BCUT2D eigenvalue weighted by Gasteiger charge is 1.85. The second kappa shape index (κ2) is 6.62. The van der Waals surface area contributed by atoms with E-state index < -0.39 is 0 Å². The molecule has 0 radical (unpaired) electrons. The number of hydrogen-bond donors (Lipinski definition) is 0. The summed E-state index contributed by atoms with van der Waals surface area (Å²) in [4.78, 5) is 1.23. The van der Waals surface area contributed by atoms with Crippen molar-refractivity contribution in [3.63, 3.8) is 0 Å². The molecule has 0 fully saturated rings. The lowest BCUT2D eigenvalue weighted by Crippen LogP contribution is -1.68. The third-order valence-electron chi connectivity index (χ3n) is 2.09. The summed E-state index contributed by atoms with van der Waals surface area (Å²) in [5.74, 6) is 6.10. The molecule has 2 aromatic rings. The van der Waals surface area contributed by atoms with Gasteiger partial charge in [0.2, 0.25) is 0 Å². The Kier molecular flexibility index (Phi) is 4.51. The molecule has 0 aliphatic heterocycles. The molecule has 0 saturated carbocycles. The molecule has 0 aliphatic carbocycles. The lowest BCUT2D eigenvalue weighted by molar-refractivity contribution is 1.47. The Bertz CT molecular complexity index is 530. The summed E-state index contributed by atoms with van der Waals surface area (Å²) in [6.45, 7) is 0. The van der Waals surface area contributed by atoms with Crippen molar-refractivity contribution in [2.75, 3.05) is 0 Å². The smallest absolute Gasteiger partial charge is 0.0248 e. The fraction of sp³-hybridized carbons (Fsp3) is 0. The van der Waals surface area contributed by atoms with Crippen LogP contribution in [0.3, 0.4) is 0 Å². The molecule has 0 N–H and O–H groups in total. The zero-order chi connectivity index (χ0) is 11.8. The standard InChI is InChI=1S/C16H12S/c1-3-9-15(10-4-1)11-7-8-14-17-16-12-5-2-6-13-16/h1-6,8-10,12-14H. The largest absolute Gasteiger partial charge is 0.0974 e. The summed E-state index contributed by atoms with van der Waals surface area (Å²) in [6.07, 6.45) is 1.88. The van der Waals surface area contributed by atoms with Crippen LogP contribution in [0.2, 0.25) is 0 Å². The average molecular weight is 236 g/mol. The van der Waals surface area contributed by atoms with Crippen molar-refractivity contribution in [2.45, 2.75) is 4.90 Å². The fourth-order valence-electron chi connectivity index (χ4n) is 1.29. The van der Waals surface area contributed by atoms with Gasteiger partial charge in [-0.25, -0.2) is 0 Å². The van der Waals surface area contributed by atoms with Crippen molar-refractivity contribution >= 4 is 11.8 Å². The van der Waals surface area contributed by atoms with Gasteiger partial charge in [0.15, 0.2) is 0 Å². The third kappa shape index (κ3) is 4.22. The van der Waals surface area contributed by atoms with Crippen LogP contribution in [0.4, 0.5) is 0 Å². The van der Waals surface area contributed by atoms with E-state index in [1.807, 2.05) is 60.0 Å². The molecular formula is C16H12S. The average Bonchev–Trinajstić information content (AvgIpc) is 2.41. The van der Waals surface area contributed by atoms with E-state index in [9.17, 15) is 0 Å². The number of hydrogen-bond acceptors (Lipinski definition) is 1. The minimum Gasteiger partial charge on any atom is -0.0974 e. The zero-order valence-electron chi connectivity index (χ0n) is 9.34. The predicted molar refractivity (Wildman–Crippen MR) is 74.8 cm³/mol. The van der Waals surface area contributed by atoms with Crippen molar-refractivity contribution in [1.82, 2.24) is 0 Å². The first-order chi connectivity index (χ1) is 8.45. The third-order valence-corrected chi connectivity index (χ3v) is 2.91. The summed E-state index contributed by atoms with van der Waals surface area (Å²) in [5, 5.41) is 2.01. The van der Waals surface area contributed by atoms with Crippen LogP contribution in [0.1, 0.15) is 5.56 Å². The van der Waals surface area contributed by atoms with Crippen LogP contribution in [0.25, 0.3) is 0 Å². The first kappa shape index (κ1) is 11.6. The van der Waals surface area contributed by atoms with Crippen LogP contribution in [-0.4, -0.2) is 0 Å². The Morgan fingerprint density at radius 3 is 2.18 bits per heavy atom. The summed E-state index contributed by atoms with van der Waals surface area (Å²) in [7, 11) is 0. The van der Waals surface area contributed by atoms with E-state index in [-0.39, 0.29) is 0 Å². The van der Waals surface area contributed by atoms with Crippen LogP contribution < -0.4 is 0 Å². The predicted octanol–water partition coefficient (Wildman–Crippen LogP) is 4.34. The summed E-state index contributed by atoms with van der Waals surface area (Å²) in [5.41, 5.74) is 1.04. The van der Waals surface area contributed by atoms with Gasteiger partial charge >= 0.3 is 0 Å². The zero-order valence-corrected chi connectivity index (χ0v) is 10.2. The maximum Gasteiger partial charge on any atom is 0.0248 e. The molecular weight excluding hydrogens is 224 g/mol. The van der Waals surface area contributed by atoms with Gasteiger partial charge in [-0.05, 0) is 35.7 Å². The molecule has 0 atom stereocenters. The number of benzene rings is 2. The highest BCUT2D eigenvalue weighted by molar-refractivity contribution is 8.02. The number of thioether (sulfide) groups is 1. The molecule has 2 aromatic carbocycles. The van der Waals surface area contributed by atoms with Crippen LogP contribution in [0.5, 0.6) is 0 Å². The molecule has 0 unspecified atom stereocenters. The van der Waals surface area contributed by atoms with Gasteiger partial charge < -0.3 is 0 Å². The Morgan fingerprint density at radius 1 is 0.824 bits per heavy atom. The number of allylic oxidation sites excluding steroid dienone is 1. The quantitative estimate of drug-likeness (QED) is 0.552. The van der Waals surface area contributed by atoms with Gasteiger partial charge in [-0.3, -0.25) is 0 Å². The Morgan fingerprint density at radius 2 is 1.47 bits per heavy atom. The summed E-state index contributed by atoms with van der Waals surface area (Å²) in [6, 6.07) is 20.2. The van der Waals surface area contributed by atoms with Gasteiger partial charge in [-0.15, -0.1) is 0 Å². The van der Waals surface area contributed by atoms with Crippen molar-refractivity contribution < 1.29 is 0 Å². The van der Waals surface area contributed by atoms with Gasteiger partial charge in [-0.1, -0.05) is 60.0 Å². The van der Waals surface area contributed by atoms with Gasteiger partial charge in [0.1, 0.15) is 0 Å². The van der Waals surface area contributed by atoms with Crippen molar-refractivity contribution in [1.29, 1.82) is 0 Å². The van der Waals surface area contributed by atoms with Crippen LogP contribution in [-0.2, 0) is 0 Å². The van der Waals surface area contributed by atoms with E-state index in [1.165, 1.54) is 4.90 Å². The molecule has 0 spiro atoms. The SMILES string of the molecule is C(#Cc1ccccc1)C=CSc1ccccc1. The molecule has 0 bridgehead atoms. The highest BCUT2D eigenvalue weighted by Crippen LogP contribution is 2.17. The van der Waals surface area contributed by atoms with E-state index in [2.05, 4.69) is 24.0 Å². The summed E-state index contributed by atoms with van der Waals surface area (Å²) >= 11 is 1.67. The van der Waals surface area contributed by atoms with E-state index in [0.717, 1.165) is 5.56 Å². The van der Waals surface area contributed by atoms with Gasteiger partial charge in [0.05, 0.1) is 0 Å². The molecule has 0 saturated heterocycles. The van der Waals surface area contributed by atoms with Crippen molar-refractivity contribution in [3.05, 3.63) is 77.7 Å². The van der Waals surface area contributed by atoms with Crippen LogP contribution in [0.15, 0.2) is 77.0 Å². The van der Waals surface area contributed by atoms with Gasteiger partial charge in [-0.2, -0.15) is 0 Å². The Labute approximate surface area is 106 Å². The highest BCUT2D eigenvalue weighted by atomic mass is 32.2. The second-order valence-corrected chi connectivity index (χ2v) is 4.35. The van der Waals surface area contributed by atoms with Gasteiger partial charge in [0, 0.05) is 10.5 Å². The molecule has 17 heavy (non-hydrogen) atoms. The van der Waals surface area contributed by atoms with E-state index in [1.54, 1.807) is 11.8 Å². The molecule has 0 nitrogen and oxygen atoms in total. The molecule has 0 heterocycles. The second-order valence-electron chi connectivity index (χ2n) is 3.37. The Balaban J connectivity index is 1.89. The molecule has 0 aromatic heterocycles. The van der Waals surface area contributed by atoms with E-state index in [4.69, 9.17) is 0 Å². The molecule has 0 amide bonds. The minimum absolute atomic E-state index is 1.04. The van der Waals surface area contributed by atoms with E-state index in [0.29, 0.717) is 0 Å². The van der Waals surface area contributed by atoms with Crippen LogP contribution in [0, 0.1) is 11.8 Å². The molecule has 1 heteroatoms. The van der Waals surface area contributed by atoms with Gasteiger partial charge in [0.25, 0.3) is 0 Å². The topological polar surface area (TPSA) is 0 Å². The summed E-state index contributed by atoms with van der Waals surface area (Å²) < 4.78 is 0. The maximum absolute atomic E-state index is 3.08. The van der Waals surface area contributed by atoms with Crippen molar-refractivity contribution in [2.24, 2.45) is 0 Å². The first-order valence-electron chi connectivity index (χ1n) is 5.38. The van der Waals surface area contributed by atoms with Crippen LogP contribution >= 0.6 is 11.8 Å². The monoisotopic (exact) mass is 236 g/mol. The molecule has 2 rings (SSSR count).